The van der Waals surface area contributed by atoms with Crippen molar-refractivity contribution in [3.05, 3.63) is 35.4 Å². The van der Waals surface area contributed by atoms with Crippen molar-refractivity contribution in [2.45, 2.75) is 38.5 Å². The number of rotatable bonds is 4. The second-order valence-corrected chi connectivity index (χ2v) is 5.66. The molecule has 0 saturated heterocycles. The van der Waals surface area contributed by atoms with E-state index in [0.29, 0.717) is 23.8 Å². The summed E-state index contributed by atoms with van der Waals surface area (Å²) in [6, 6.07) is 3.79. The van der Waals surface area contributed by atoms with Gasteiger partial charge in [0, 0.05) is 0 Å². The Morgan fingerprint density at radius 2 is 1.84 bits per heavy atom. The van der Waals surface area contributed by atoms with Crippen LogP contribution in [0.1, 0.15) is 37.7 Å². The van der Waals surface area contributed by atoms with E-state index in [1.54, 1.807) is 0 Å². The lowest BCUT2D eigenvalue weighted by Crippen LogP contribution is -2.26. The van der Waals surface area contributed by atoms with E-state index in [1.165, 1.54) is 43.9 Å². The first kappa shape index (κ1) is 14.4. The second-order valence-electron chi connectivity index (χ2n) is 5.66. The third-order valence-corrected chi connectivity index (χ3v) is 4.27. The fraction of sp³-hybridized carbons (Fsp3) is 0.625. The Bertz CT molecular complexity index is 406. The van der Waals surface area contributed by atoms with Gasteiger partial charge in [-0.15, -0.1) is 0 Å². The molecule has 2 unspecified atom stereocenters. The molecule has 1 aromatic rings. The van der Waals surface area contributed by atoms with Crippen LogP contribution in [0.2, 0.25) is 0 Å². The van der Waals surface area contributed by atoms with E-state index >= 15 is 0 Å². The van der Waals surface area contributed by atoms with Crippen molar-refractivity contribution < 1.29 is 8.78 Å². The van der Waals surface area contributed by atoms with E-state index in [-0.39, 0.29) is 11.6 Å². The molecule has 2 rings (SSSR count). The lowest BCUT2D eigenvalue weighted by molar-refractivity contribution is 0.301. The van der Waals surface area contributed by atoms with Gasteiger partial charge in [-0.2, -0.15) is 0 Å². The molecule has 0 amide bonds. The first-order valence-electron chi connectivity index (χ1n) is 7.29. The van der Waals surface area contributed by atoms with E-state index < -0.39 is 0 Å². The standard InChI is InChI=1S/C16H23F2N/c1-19-11-13-6-4-2-3-5-12(13)9-14-10-15(17)7-8-16(14)18/h7-8,10,12-13,19H,2-6,9,11H2,1H3. The van der Waals surface area contributed by atoms with Crippen molar-refractivity contribution in [2.24, 2.45) is 11.8 Å². The Balaban J connectivity index is 2.11. The lowest BCUT2D eigenvalue weighted by Gasteiger charge is -2.25. The fourth-order valence-corrected chi connectivity index (χ4v) is 3.24. The number of benzene rings is 1. The summed E-state index contributed by atoms with van der Waals surface area (Å²) in [6.45, 7) is 0.974. The van der Waals surface area contributed by atoms with Gasteiger partial charge in [-0.05, 0) is 68.5 Å². The highest BCUT2D eigenvalue weighted by molar-refractivity contribution is 5.19. The van der Waals surface area contributed by atoms with Crippen LogP contribution in [-0.4, -0.2) is 13.6 Å². The molecule has 3 heteroatoms. The minimum atomic E-state index is -0.338. The lowest BCUT2D eigenvalue weighted by atomic mass is 9.83. The number of hydrogen-bond acceptors (Lipinski definition) is 1. The summed E-state index contributed by atoms with van der Waals surface area (Å²) in [4.78, 5) is 0. The SMILES string of the molecule is CNCC1CCCCCC1Cc1cc(F)ccc1F. The predicted octanol–water partition coefficient (Wildman–Crippen LogP) is 3.92. The van der Waals surface area contributed by atoms with Crippen molar-refractivity contribution in [1.82, 2.24) is 5.32 Å². The van der Waals surface area contributed by atoms with E-state index in [1.807, 2.05) is 7.05 Å². The average Bonchev–Trinajstić information content (AvgIpc) is 2.60. The van der Waals surface area contributed by atoms with Gasteiger partial charge in [0.2, 0.25) is 0 Å². The summed E-state index contributed by atoms with van der Waals surface area (Å²) in [5.74, 6) is 0.436. The largest absolute Gasteiger partial charge is 0.319 e. The van der Waals surface area contributed by atoms with E-state index in [4.69, 9.17) is 0 Å². The molecular formula is C16H23F2N. The molecule has 0 aliphatic heterocycles. The highest BCUT2D eigenvalue weighted by Crippen LogP contribution is 2.31. The van der Waals surface area contributed by atoms with Crippen molar-refractivity contribution in [3.8, 4) is 0 Å². The Labute approximate surface area is 114 Å². The minimum absolute atomic E-state index is 0.270. The molecule has 1 fully saturated rings. The number of hydrogen-bond donors (Lipinski definition) is 1. The smallest absolute Gasteiger partial charge is 0.126 e. The van der Waals surface area contributed by atoms with Crippen molar-refractivity contribution >= 4 is 0 Å². The Kier molecular flexibility index (Phi) is 5.32. The van der Waals surface area contributed by atoms with Gasteiger partial charge in [0.25, 0.3) is 0 Å². The van der Waals surface area contributed by atoms with Crippen LogP contribution in [0, 0.1) is 23.5 Å². The molecule has 1 aliphatic rings. The molecule has 0 spiro atoms. The average molecular weight is 267 g/mol. The maximum absolute atomic E-state index is 13.8. The molecule has 1 aromatic carbocycles. The van der Waals surface area contributed by atoms with Gasteiger partial charge in [0.1, 0.15) is 11.6 Å². The van der Waals surface area contributed by atoms with Crippen molar-refractivity contribution in [1.29, 1.82) is 0 Å². The molecule has 0 heterocycles. The summed E-state index contributed by atoms with van der Waals surface area (Å²) < 4.78 is 27.0. The van der Waals surface area contributed by atoms with Crippen LogP contribution < -0.4 is 5.32 Å². The Morgan fingerprint density at radius 3 is 2.58 bits per heavy atom. The highest BCUT2D eigenvalue weighted by atomic mass is 19.1. The molecule has 2 atom stereocenters. The van der Waals surface area contributed by atoms with Gasteiger partial charge in [-0.25, -0.2) is 8.78 Å². The Hall–Kier alpha value is -0.960. The molecule has 0 radical (unpaired) electrons. The molecule has 1 aliphatic carbocycles. The predicted molar refractivity (Wildman–Crippen MR) is 74.1 cm³/mol. The third kappa shape index (κ3) is 4.00. The molecule has 0 aromatic heterocycles. The van der Waals surface area contributed by atoms with Gasteiger partial charge in [-0.1, -0.05) is 19.3 Å². The van der Waals surface area contributed by atoms with Gasteiger partial charge >= 0.3 is 0 Å². The molecule has 0 bridgehead atoms. The monoisotopic (exact) mass is 267 g/mol. The molecule has 1 N–H and O–H groups in total. The van der Waals surface area contributed by atoms with Crippen LogP contribution in [0.15, 0.2) is 18.2 Å². The summed E-state index contributed by atoms with van der Waals surface area (Å²) in [7, 11) is 1.96. The zero-order valence-corrected chi connectivity index (χ0v) is 11.6. The fourth-order valence-electron chi connectivity index (χ4n) is 3.24. The van der Waals surface area contributed by atoms with Crippen LogP contribution in [0.25, 0.3) is 0 Å². The normalized spacial score (nSPS) is 24.2. The van der Waals surface area contributed by atoms with Gasteiger partial charge < -0.3 is 5.32 Å². The quantitative estimate of drug-likeness (QED) is 0.815. The van der Waals surface area contributed by atoms with E-state index in [2.05, 4.69) is 5.32 Å². The van der Waals surface area contributed by atoms with Crippen LogP contribution in [0.3, 0.4) is 0 Å². The van der Waals surface area contributed by atoms with Crippen LogP contribution >= 0.6 is 0 Å². The summed E-state index contributed by atoms with van der Waals surface area (Å²) >= 11 is 0. The molecule has 1 saturated carbocycles. The van der Waals surface area contributed by atoms with Gasteiger partial charge in [0.05, 0.1) is 0 Å². The number of nitrogens with one attached hydrogen (secondary N) is 1. The molecular weight excluding hydrogens is 244 g/mol. The zero-order valence-electron chi connectivity index (χ0n) is 11.6. The maximum Gasteiger partial charge on any atom is 0.126 e. The van der Waals surface area contributed by atoms with Crippen LogP contribution in [0.4, 0.5) is 8.78 Å². The van der Waals surface area contributed by atoms with Gasteiger partial charge in [-0.3, -0.25) is 0 Å². The minimum Gasteiger partial charge on any atom is -0.319 e. The molecule has 1 nitrogen and oxygen atoms in total. The van der Waals surface area contributed by atoms with E-state index in [0.717, 1.165) is 13.0 Å². The Morgan fingerprint density at radius 1 is 1.11 bits per heavy atom. The molecule has 106 valence electrons. The van der Waals surface area contributed by atoms with Crippen molar-refractivity contribution in [3.63, 3.8) is 0 Å². The van der Waals surface area contributed by atoms with Crippen LogP contribution in [0.5, 0.6) is 0 Å². The highest BCUT2D eigenvalue weighted by Gasteiger charge is 2.24. The first-order valence-corrected chi connectivity index (χ1v) is 7.29. The van der Waals surface area contributed by atoms with E-state index in [9.17, 15) is 8.78 Å². The summed E-state index contributed by atoms with van der Waals surface area (Å²) in [5.41, 5.74) is 0.535. The maximum atomic E-state index is 13.8. The topological polar surface area (TPSA) is 12.0 Å². The second kappa shape index (κ2) is 6.99. The van der Waals surface area contributed by atoms with Gasteiger partial charge in [0.15, 0.2) is 0 Å². The van der Waals surface area contributed by atoms with Crippen LogP contribution in [-0.2, 0) is 6.42 Å². The first-order chi connectivity index (χ1) is 9.20. The third-order valence-electron chi connectivity index (χ3n) is 4.27. The summed E-state index contributed by atoms with van der Waals surface area (Å²) in [5, 5.41) is 3.24. The van der Waals surface area contributed by atoms with Crippen molar-refractivity contribution in [2.75, 3.05) is 13.6 Å². The molecule has 19 heavy (non-hydrogen) atoms. The zero-order chi connectivity index (χ0) is 13.7. The summed E-state index contributed by atoms with van der Waals surface area (Å²) in [6.07, 6.45) is 6.72. The number of halogens is 2.